The lowest BCUT2D eigenvalue weighted by Gasteiger charge is -2.44. The van der Waals surface area contributed by atoms with Crippen LogP contribution in [-0.2, 0) is 19.0 Å². The van der Waals surface area contributed by atoms with Crippen LogP contribution in [0.1, 0.15) is 80.4 Å². The van der Waals surface area contributed by atoms with E-state index in [0.717, 1.165) is 0 Å². The van der Waals surface area contributed by atoms with Crippen molar-refractivity contribution >= 4 is 17.5 Å². The van der Waals surface area contributed by atoms with Gasteiger partial charge in [0.1, 0.15) is 5.69 Å². The van der Waals surface area contributed by atoms with Gasteiger partial charge in [-0.15, -0.1) is 13.2 Å². The molecule has 8 nitrogen and oxygen atoms in total. The van der Waals surface area contributed by atoms with E-state index in [9.17, 15) is 35.9 Å². The number of methoxy groups -OCH3 is 1. The number of ether oxygens (including phenoxy) is 3. The maximum atomic E-state index is 13.6. The van der Waals surface area contributed by atoms with Gasteiger partial charge in [-0.1, -0.05) is 0 Å². The van der Waals surface area contributed by atoms with E-state index in [1.807, 2.05) is 0 Å². The van der Waals surface area contributed by atoms with Crippen molar-refractivity contribution in [1.82, 2.24) is 4.98 Å². The summed E-state index contributed by atoms with van der Waals surface area (Å²) < 4.78 is 94.5. The Morgan fingerprint density at radius 3 is 2.16 bits per heavy atom. The minimum Gasteiger partial charge on any atom is -0.379 e. The van der Waals surface area contributed by atoms with Crippen LogP contribution in [0.5, 0.6) is 0 Å². The zero-order valence-electron chi connectivity index (χ0n) is 24.2. The number of anilines is 1. The molecule has 14 heteroatoms. The summed E-state index contributed by atoms with van der Waals surface area (Å²) >= 11 is 0. The zero-order valence-corrected chi connectivity index (χ0v) is 24.2. The topological polar surface area (TPSA) is 113 Å². The number of hydrogen-bond acceptors (Lipinski definition) is 6. The predicted molar refractivity (Wildman–Crippen MR) is 143 cm³/mol. The number of halogens is 6. The third-order valence-corrected chi connectivity index (χ3v) is 9.18. The molecule has 1 aromatic rings. The molecule has 3 saturated carbocycles. The SMILES string of the molecule is COC1CC(OC(F)(F)F)CCC1OC1CC(C2CCC(C(F)(F)F)CC2)CCC1C(=O)Nc1cc(C)nc(C(N)=O)c1. The van der Waals surface area contributed by atoms with Gasteiger partial charge in [-0.3, -0.25) is 14.3 Å². The zero-order chi connectivity index (χ0) is 31.5. The summed E-state index contributed by atoms with van der Waals surface area (Å²) in [6.07, 6.45) is -9.26. The monoisotopic (exact) mass is 623 g/mol. The van der Waals surface area contributed by atoms with E-state index in [1.165, 1.54) is 13.2 Å². The van der Waals surface area contributed by atoms with Crippen molar-refractivity contribution in [2.75, 3.05) is 12.4 Å². The minimum atomic E-state index is -4.78. The number of rotatable bonds is 8. The lowest BCUT2D eigenvalue weighted by Crippen LogP contribution is -2.48. The fraction of sp³-hybridized carbons (Fsp3) is 0.759. The van der Waals surface area contributed by atoms with Gasteiger partial charge in [0.15, 0.2) is 0 Å². The average Bonchev–Trinajstić information content (AvgIpc) is 2.92. The summed E-state index contributed by atoms with van der Waals surface area (Å²) in [6.45, 7) is 1.65. The van der Waals surface area contributed by atoms with Gasteiger partial charge in [-0.25, -0.2) is 4.98 Å². The number of aromatic nitrogens is 1. The highest BCUT2D eigenvalue weighted by molar-refractivity contribution is 5.96. The van der Waals surface area contributed by atoms with Crippen LogP contribution in [-0.4, -0.2) is 60.9 Å². The van der Waals surface area contributed by atoms with Crippen LogP contribution < -0.4 is 11.1 Å². The van der Waals surface area contributed by atoms with Gasteiger partial charge >= 0.3 is 12.5 Å². The molecule has 242 valence electrons. The van der Waals surface area contributed by atoms with Crippen molar-refractivity contribution < 1.29 is 50.1 Å². The number of carbonyl (C=O) groups excluding carboxylic acids is 2. The van der Waals surface area contributed by atoms with Gasteiger partial charge in [0.2, 0.25) is 5.91 Å². The second kappa shape index (κ2) is 13.7. The standard InChI is InChI=1S/C29H39F6N3O5/c1-15-11-19(13-22(37-15)26(36)39)38-27(40)21-9-5-17(16-3-6-18(7-4-16)28(30,31)32)12-24(21)42-23-10-8-20(14-25(23)41-2)43-29(33,34)35/h11,13,16-18,20-21,23-25H,3-10,12,14H2,1-2H3,(H2,36,39)(H,37,38,40). The van der Waals surface area contributed by atoms with Crippen molar-refractivity contribution in [3.05, 3.63) is 23.5 Å². The highest BCUT2D eigenvalue weighted by Crippen LogP contribution is 2.46. The molecule has 1 heterocycles. The number of amides is 2. The number of carbonyl (C=O) groups is 2. The number of aryl methyl sites for hydroxylation is 1. The summed E-state index contributed by atoms with van der Waals surface area (Å²) in [4.78, 5) is 29.3. The molecule has 4 rings (SSSR count). The third-order valence-electron chi connectivity index (χ3n) is 9.18. The van der Waals surface area contributed by atoms with E-state index >= 15 is 0 Å². The van der Waals surface area contributed by atoms with E-state index < -0.39 is 54.7 Å². The van der Waals surface area contributed by atoms with Crippen LogP contribution in [0.15, 0.2) is 12.1 Å². The van der Waals surface area contributed by atoms with Crippen molar-refractivity contribution in [3.8, 4) is 0 Å². The smallest absolute Gasteiger partial charge is 0.379 e. The summed E-state index contributed by atoms with van der Waals surface area (Å²) in [5, 5.41) is 2.82. The molecule has 3 N–H and O–H groups in total. The van der Waals surface area contributed by atoms with Crippen LogP contribution >= 0.6 is 0 Å². The molecule has 6 unspecified atom stereocenters. The van der Waals surface area contributed by atoms with Gasteiger partial charge in [0, 0.05) is 24.9 Å². The predicted octanol–water partition coefficient (Wildman–Crippen LogP) is 6.07. The van der Waals surface area contributed by atoms with Crippen LogP contribution in [0.25, 0.3) is 0 Å². The van der Waals surface area contributed by atoms with E-state index in [-0.39, 0.29) is 55.5 Å². The highest BCUT2D eigenvalue weighted by Gasteiger charge is 2.46. The first-order valence-corrected chi connectivity index (χ1v) is 14.7. The van der Waals surface area contributed by atoms with E-state index in [0.29, 0.717) is 43.5 Å². The molecule has 3 aliphatic rings. The third kappa shape index (κ3) is 9.04. The lowest BCUT2D eigenvalue weighted by molar-refractivity contribution is -0.349. The Balaban J connectivity index is 1.49. The summed E-state index contributed by atoms with van der Waals surface area (Å²) in [5.74, 6) is -2.97. The Kier molecular flexibility index (Phi) is 10.6. The first-order chi connectivity index (χ1) is 20.1. The highest BCUT2D eigenvalue weighted by atomic mass is 19.4. The van der Waals surface area contributed by atoms with E-state index in [2.05, 4.69) is 15.0 Å². The van der Waals surface area contributed by atoms with Crippen LogP contribution in [0.4, 0.5) is 32.0 Å². The van der Waals surface area contributed by atoms with Crippen molar-refractivity contribution in [3.63, 3.8) is 0 Å². The molecule has 0 bridgehead atoms. The minimum absolute atomic E-state index is 0.0120. The lowest BCUT2D eigenvalue weighted by atomic mass is 9.68. The Hall–Kier alpha value is -2.45. The number of hydrogen-bond donors (Lipinski definition) is 2. The number of nitrogens with zero attached hydrogens (tertiary/aromatic N) is 1. The summed E-state index contributed by atoms with van der Waals surface area (Å²) in [7, 11) is 1.38. The fourth-order valence-electron chi connectivity index (χ4n) is 7.05. The normalized spacial score (nSPS) is 32.3. The quantitative estimate of drug-likeness (QED) is 0.340. The maximum absolute atomic E-state index is 13.6. The van der Waals surface area contributed by atoms with E-state index in [1.54, 1.807) is 13.0 Å². The van der Waals surface area contributed by atoms with Gasteiger partial charge in [0.05, 0.1) is 36.3 Å². The largest absolute Gasteiger partial charge is 0.522 e. The molecule has 0 radical (unpaired) electrons. The summed E-state index contributed by atoms with van der Waals surface area (Å²) in [6, 6.07) is 2.96. The Morgan fingerprint density at radius 1 is 0.884 bits per heavy atom. The van der Waals surface area contributed by atoms with Gasteiger partial charge in [-0.05, 0) is 88.7 Å². The molecule has 2 amide bonds. The van der Waals surface area contributed by atoms with Crippen LogP contribution in [0.3, 0.4) is 0 Å². The van der Waals surface area contributed by atoms with Gasteiger partial charge in [0.25, 0.3) is 5.91 Å². The van der Waals surface area contributed by atoms with Crippen LogP contribution in [0, 0.1) is 30.6 Å². The number of nitrogens with one attached hydrogen (secondary N) is 1. The van der Waals surface area contributed by atoms with Crippen LogP contribution in [0.2, 0.25) is 0 Å². The molecular weight excluding hydrogens is 584 g/mol. The molecule has 1 aromatic heterocycles. The molecular formula is C29H39F6N3O5. The molecule has 0 aliphatic heterocycles. The molecule has 0 saturated heterocycles. The molecule has 3 aliphatic carbocycles. The maximum Gasteiger partial charge on any atom is 0.522 e. The first kappa shape index (κ1) is 33.4. The first-order valence-electron chi connectivity index (χ1n) is 14.7. The molecule has 43 heavy (non-hydrogen) atoms. The number of primary amides is 1. The number of alkyl halides is 6. The fourth-order valence-corrected chi connectivity index (χ4v) is 7.05. The summed E-state index contributed by atoms with van der Waals surface area (Å²) in [5.41, 5.74) is 6.15. The molecule has 0 aromatic carbocycles. The Labute approximate surface area is 246 Å². The van der Waals surface area contributed by atoms with Crippen molar-refractivity contribution in [1.29, 1.82) is 0 Å². The molecule has 6 atom stereocenters. The van der Waals surface area contributed by atoms with Crippen molar-refractivity contribution in [2.24, 2.45) is 29.4 Å². The number of pyridine rings is 1. The Morgan fingerprint density at radius 2 is 1.56 bits per heavy atom. The van der Waals surface area contributed by atoms with Gasteiger partial charge in [-0.2, -0.15) is 13.2 Å². The van der Waals surface area contributed by atoms with Gasteiger partial charge < -0.3 is 20.5 Å². The second-order valence-corrected chi connectivity index (χ2v) is 12.1. The molecule has 0 spiro atoms. The molecule has 3 fully saturated rings. The second-order valence-electron chi connectivity index (χ2n) is 12.1. The van der Waals surface area contributed by atoms with E-state index in [4.69, 9.17) is 15.2 Å². The number of nitrogens with two attached hydrogens (primary N) is 1. The van der Waals surface area contributed by atoms with Crippen molar-refractivity contribution in [2.45, 2.75) is 108 Å². The average molecular weight is 624 g/mol. The Bertz CT molecular complexity index is 1120.